The zero-order valence-electron chi connectivity index (χ0n) is 6.01. The Morgan fingerprint density at radius 3 is 2.22 bits per heavy atom. The van der Waals surface area contributed by atoms with Crippen molar-refractivity contribution in [2.75, 3.05) is 14.1 Å². The number of carbonyl (C=O) groups excluding carboxylic acids is 1. The first-order valence-corrected chi connectivity index (χ1v) is 2.81. The van der Waals surface area contributed by atoms with Crippen LogP contribution in [-0.2, 0) is 4.79 Å². The molecule has 0 saturated heterocycles. The Morgan fingerprint density at radius 1 is 1.67 bits per heavy atom. The van der Waals surface area contributed by atoms with Gasteiger partial charge in [0.2, 0.25) is 5.91 Å². The highest BCUT2D eigenvalue weighted by atomic mass is 16.2. The van der Waals surface area contributed by atoms with E-state index in [9.17, 15) is 4.79 Å². The summed E-state index contributed by atoms with van der Waals surface area (Å²) in [6.45, 7) is 1.70. The molecule has 1 unspecified atom stereocenters. The van der Waals surface area contributed by atoms with Crippen LogP contribution in [0, 0.1) is 11.3 Å². The standard InChI is InChI=1S/C6H12N2O/c1-5(4-7)6(9)8(2)3/h4-5,7H,1-3H3. The lowest BCUT2D eigenvalue weighted by Gasteiger charge is -2.11. The minimum Gasteiger partial charge on any atom is -0.348 e. The van der Waals surface area contributed by atoms with Crippen molar-refractivity contribution in [1.29, 1.82) is 5.41 Å². The Hall–Kier alpha value is -0.860. The second kappa shape index (κ2) is 3.22. The number of hydrogen-bond donors (Lipinski definition) is 1. The molecule has 0 spiro atoms. The summed E-state index contributed by atoms with van der Waals surface area (Å²) in [5, 5.41) is 6.76. The second-order valence-corrected chi connectivity index (χ2v) is 2.19. The molecule has 3 nitrogen and oxygen atoms in total. The van der Waals surface area contributed by atoms with Crippen molar-refractivity contribution in [1.82, 2.24) is 4.90 Å². The summed E-state index contributed by atoms with van der Waals surface area (Å²) in [6, 6.07) is 0. The molecule has 1 amide bonds. The summed E-state index contributed by atoms with van der Waals surface area (Å²) in [5.74, 6) is -0.301. The van der Waals surface area contributed by atoms with Gasteiger partial charge in [0, 0.05) is 20.3 Å². The Labute approximate surface area is 55.2 Å². The highest BCUT2D eigenvalue weighted by Crippen LogP contribution is 1.93. The number of carbonyl (C=O) groups is 1. The molecule has 3 heteroatoms. The van der Waals surface area contributed by atoms with Crippen molar-refractivity contribution in [2.45, 2.75) is 6.92 Å². The molecule has 0 rings (SSSR count). The average Bonchev–Trinajstić information content (AvgIpc) is 1.84. The van der Waals surface area contributed by atoms with Crippen molar-refractivity contribution in [3.63, 3.8) is 0 Å². The van der Waals surface area contributed by atoms with Crippen molar-refractivity contribution in [3.05, 3.63) is 0 Å². The molecule has 0 aromatic heterocycles. The average molecular weight is 128 g/mol. The van der Waals surface area contributed by atoms with E-state index >= 15 is 0 Å². The Morgan fingerprint density at radius 2 is 2.11 bits per heavy atom. The van der Waals surface area contributed by atoms with Gasteiger partial charge in [-0.3, -0.25) is 4.79 Å². The maximum Gasteiger partial charge on any atom is 0.230 e. The summed E-state index contributed by atoms with van der Waals surface area (Å²) in [5.41, 5.74) is 0. The summed E-state index contributed by atoms with van der Waals surface area (Å²) >= 11 is 0. The van der Waals surface area contributed by atoms with Gasteiger partial charge in [-0.15, -0.1) is 0 Å². The summed E-state index contributed by atoms with van der Waals surface area (Å²) in [6.07, 6.45) is 1.14. The first kappa shape index (κ1) is 8.14. The fourth-order valence-corrected chi connectivity index (χ4v) is 0.479. The zero-order chi connectivity index (χ0) is 7.44. The fourth-order valence-electron chi connectivity index (χ4n) is 0.479. The van der Waals surface area contributed by atoms with Gasteiger partial charge in [-0.25, -0.2) is 0 Å². The van der Waals surface area contributed by atoms with Gasteiger partial charge < -0.3 is 10.3 Å². The van der Waals surface area contributed by atoms with Gasteiger partial charge in [-0.1, -0.05) is 0 Å². The van der Waals surface area contributed by atoms with Gasteiger partial charge >= 0.3 is 0 Å². The third-order valence-corrected chi connectivity index (χ3v) is 1.08. The molecular weight excluding hydrogens is 116 g/mol. The van der Waals surface area contributed by atoms with Gasteiger partial charge in [0.25, 0.3) is 0 Å². The molecule has 0 radical (unpaired) electrons. The van der Waals surface area contributed by atoms with Crippen LogP contribution in [0.2, 0.25) is 0 Å². The summed E-state index contributed by atoms with van der Waals surface area (Å²) in [7, 11) is 3.37. The van der Waals surface area contributed by atoms with Crippen LogP contribution in [0.4, 0.5) is 0 Å². The molecule has 0 aromatic carbocycles. The molecule has 0 aliphatic carbocycles. The van der Waals surface area contributed by atoms with E-state index in [1.807, 2.05) is 0 Å². The third kappa shape index (κ3) is 2.26. The van der Waals surface area contributed by atoms with Gasteiger partial charge in [0.05, 0.1) is 5.92 Å². The van der Waals surface area contributed by atoms with Crippen molar-refractivity contribution in [3.8, 4) is 0 Å². The van der Waals surface area contributed by atoms with Crippen LogP contribution >= 0.6 is 0 Å². The monoisotopic (exact) mass is 128 g/mol. The van der Waals surface area contributed by atoms with E-state index in [1.54, 1.807) is 21.0 Å². The van der Waals surface area contributed by atoms with Crippen molar-refractivity contribution >= 4 is 12.1 Å². The predicted molar refractivity (Wildman–Crippen MR) is 36.6 cm³/mol. The molecule has 9 heavy (non-hydrogen) atoms. The van der Waals surface area contributed by atoms with Crippen LogP contribution in [0.3, 0.4) is 0 Å². The van der Waals surface area contributed by atoms with E-state index in [0.717, 1.165) is 6.21 Å². The second-order valence-electron chi connectivity index (χ2n) is 2.19. The van der Waals surface area contributed by atoms with Crippen LogP contribution in [0.25, 0.3) is 0 Å². The summed E-state index contributed by atoms with van der Waals surface area (Å²) < 4.78 is 0. The van der Waals surface area contributed by atoms with Gasteiger partial charge in [0.15, 0.2) is 0 Å². The van der Waals surface area contributed by atoms with Gasteiger partial charge in [0.1, 0.15) is 0 Å². The third-order valence-electron chi connectivity index (χ3n) is 1.08. The smallest absolute Gasteiger partial charge is 0.230 e. The lowest BCUT2D eigenvalue weighted by Crippen LogP contribution is -2.28. The Bertz CT molecular complexity index is 120. The Balaban J connectivity index is 3.87. The number of rotatable bonds is 2. The molecule has 1 N–H and O–H groups in total. The molecule has 0 heterocycles. The topological polar surface area (TPSA) is 44.2 Å². The van der Waals surface area contributed by atoms with Crippen LogP contribution in [0.5, 0.6) is 0 Å². The van der Waals surface area contributed by atoms with Crippen LogP contribution < -0.4 is 0 Å². The van der Waals surface area contributed by atoms with Crippen LogP contribution in [-0.4, -0.2) is 31.1 Å². The lowest BCUT2D eigenvalue weighted by molar-refractivity contribution is -0.130. The molecule has 0 fully saturated rings. The Kier molecular flexibility index (Phi) is 2.91. The van der Waals surface area contributed by atoms with Crippen molar-refractivity contribution < 1.29 is 4.79 Å². The first-order valence-electron chi connectivity index (χ1n) is 2.81. The van der Waals surface area contributed by atoms with Gasteiger partial charge in [-0.2, -0.15) is 0 Å². The molecule has 52 valence electrons. The molecule has 0 saturated carbocycles. The number of hydrogen-bond acceptors (Lipinski definition) is 2. The molecule has 0 aromatic rings. The molecule has 1 atom stereocenters. The van der Waals surface area contributed by atoms with Crippen molar-refractivity contribution in [2.24, 2.45) is 5.92 Å². The number of amides is 1. The first-order chi connectivity index (χ1) is 4.09. The van der Waals surface area contributed by atoms with E-state index in [2.05, 4.69) is 0 Å². The summed E-state index contributed by atoms with van der Waals surface area (Å²) in [4.78, 5) is 12.3. The van der Waals surface area contributed by atoms with E-state index in [4.69, 9.17) is 5.41 Å². The molecular formula is C6H12N2O. The fraction of sp³-hybridized carbons (Fsp3) is 0.667. The van der Waals surface area contributed by atoms with E-state index in [1.165, 1.54) is 4.90 Å². The zero-order valence-corrected chi connectivity index (χ0v) is 6.01. The maximum absolute atomic E-state index is 10.8. The van der Waals surface area contributed by atoms with Crippen LogP contribution in [0.15, 0.2) is 0 Å². The number of nitrogens with one attached hydrogen (secondary N) is 1. The SMILES string of the molecule is CC(C=N)C(=O)N(C)C. The van der Waals surface area contributed by atoms with Crippen LogP contribution in [0.1, 0.15) is 6.92 Å². The molecule has 0 aliphatic heterocycles. The minimum absolute atomic E-state index is 0.0231. The van der Waals surface area contributed by atoms with E-state index < -0.39 is 0 Å². The quantitative estimate of drug-likeness (QED) is 0.536. The lowest BCUT2D eigenvalue weighted by atomic mass is 10.2. The normalized spacial score (nSPS) is 12.3. The van der Waals surface area contributed by atoms with E-state index in [-0.39, 0.29) is 11.8 Å². The van der Waals surface area contributed by atoms with Gasteiger partial charge in [-0.05, 0) is 6.92 Å². The highest BCUT2D eigenvalue weighted by Gasteiger charge is 2.10. The minimum atomic E-state index is -0.278. The highest BCUT2D eigenvalue weighted by molar-refractivity contribution is 5.91. The van der Waals surface area contributed by atoms with E-state index in [0.29, 0.717) is 0 Å². The molecule has 0 aliphatic rings. The number of nitrogens with zero attached hydrogens (tertiary/aromatic N) is 1. The molecule has 0 bridgehead atoms. The maximum atomic E-state index is 10.8. The predicted octanol–water partition coefficient (Wildman–Crippen LogP) is 0.360. The largest absolute Gasteiger partial charge is 0.348 e.